The SMILES string of the molecule is Cc1nn(C)c(C)c1CCC(=O)NC1CCC(n2cc(-c3ccncn3)cn2)CC1. The molecule has 1 fully saturated rings. The number of nitrogens with one attached hydrogen (secondary N) is 1. The van der Waals surface area contributed by atoms with Crippen molar-refractivity contribution in [2.24, 2.45) is 7.05 Å². The van der Waals surface area contributed by atoms with E-state index < -0.39 is 0 Å². The van der Waals surface area contributed by atoms with Gasteiger partial charge in [0.05, 0.1) is 23.6 Å². The summed E-state index contributed by atoms with van der Waals surface area (Å²) in [6.07, 6.45) is 12.4. The molecule has 0 saturated heterocycles. The van der Waals surface area contributed by atoms with Crippen molar-refractivity contribution in [1.29, 1.82) is 0 Å². The van der Waals surface area contributed by atoms with Crippen molar-refractivity contribution in [3.63, 3.8) is 0 Å². The first-order chi connectivity index (χ1) is 14.5. The Kier molecular flexibility index (Phi) is 5.92. The van der Waals surface area contributed by atoms with E-state index in [2.05, 4.69) is 38.6 Å². The van der Waals surface area contributed by atoms with Gasteiger partial charge in [0.2, 0.25) is 5.91 Å². The molecule has 0 atom stereocenters. The third kappa shape index (κ3) is 4.42. The summed E-state index contributed by atoms with van der Waals surface area (Å²) in [7, 11) is 1.94. The van der Waals surface area contributed by atoms with Crippen molar-refractivity contribution in [3.8, 4) is 11.3 Å². The predicted molar refractivity (Wildman–Crippen MR) is 114 cm³/mol. The molecule has 1 aliphatic rings. The van der Waals surface area contributed by atoms with E-state index in [-0.39, 0.29) is 11.9 Å². The number of carbonyl (C=O) groups excluding carboxylic acids is 1. The summed E-state index contributed by atoms with van der Waals surface area (Å²) < 4.78 is 3.93. The zero-order chi connectivity index (χ0) is 21.1. The molecule has 3 heterocycles. The molecular formula is C22H29N7O. The van der Waals surface area contributed by atoms with Crippen LogP contribution in [0.5, 0.6) is 0 Å². The van der Waals surface area contributed by atoms with Crippen LogP contribution >= 0.6 is 0 Å². The first-order valence-electron chi connectivity index (χ1n) is 10.6. The lowest BCUT2D eigenvalue weighted by molar-refractivity contribution is -0.122. The van der Waals surface area contributed by atoms with Gasteiger partial charge in [0.15, 0.2) is 0 Å². The average molecular weight is 408 g/mol. The third-order valence-corrected chi connectivity index (χ3v) is 6.18. The Morgan fingerprint density at radius 2 is 2.03 bits per heavy atom. The number of aromatic nitrogens is 6. The molecule has 4 rings (SSSR count). The van der Waals surface area contributed by atoms with Crippen LogP contribution in [0, 0.1) is 13.8 Å². The highest BCUT2D eigenvalue weighted by atomic mass is 16.1. The van der Waals surface area contributed by atoms with Gasteiger partial charge in [0.1, 0.15) is 6.33 Å². The molecule has 30 heavy (non-hydrogen) atoms. The van der Waals surface area contributed by atoms with E-state index in [4.69, 9.17) is 0 Å². The first kappa shape index (κ1) is 20.3. The molecule has 1 N–H and O–H groups in total. The molecule has 8 nitrogen and oxygen atoms in total. The zero-order valence-corrected chi connectivity index (χ0v) is 17.9. The molecule has 0 bridgehead atoms. The van der Waals surface area contributed by atoms with Crippen LogP contribution in [0.2, 0.25) is 0 Å². The van der Waals surface area contributed by atoms with Gasteiger partial charge in [-0.05, 0) is 57.6 Å². The highest BCUT2D eigenvalue weighted by Gasteiger charge is 2.24. The Balaban J connectivity index is 1.26. The van der Waals surface area contributed by atoms with Crippen LogP contribution in [0.3, 0.4) is 0 Å². The highest BCUT2D eigenvalue weighted by Crippen LogP contribution is 2.29. The Bertz CT molecular complexity index is 1000. The summed E-state index contributed by atoms with van der Waals surface area (Å²) in [6, 6.07) is 2.51. The molecule has 0 aliphatic heterocycles. The van der Waals surface area contributed by atoms with E-state index in [0.29, 0.717) is 12.5 Å². The molecule has 0 spiro atoms. The zero-order valence-electron chi connectivity index (χ0n) is 17.9. The molecule has 158 valence electrons. The number of nitrogens with zero attached hydrogens (tertiary/aromatic N) is 6. The Labute approximate surface area is 176 Å². The summed E-state index contributed by atoms with van der Waals surface area (Å²) in [5.41, 5.74) is 5.24. The van der Waals surface area contributed by atoms with E-state index in [1.165, 1.54) is 5.56 Å². The second kappa shape index (κ2) is 8.77. The number of amides is 1. The molecule has 8 heteroatoms. The van der Waals surface area contributed by atoms with Crippen molar-refractivity contribution in [2.75, 3.05) is 0 Å². The molecule has 1 saturated carbocycles. The van der Waals surface area contributed by atoms with E-state index in [1.807, 2.05) is 35.6 Å². The summed E-state index contributed by atoms with van der Waals surface area (Å²) in [5, 5.41) is 12.2. The molecule has 1 aliphatic carbocycles. The summed E-state index contributed by atoms with van der Waals surface area (Å²) in [4.78, 5) is 20.7. The molecule has 3 aromatic heterocycles. The minimum absolute atomic E-state index is 0.131. The van der Waals surface area contributed by atoms with Gasteiger partial charge in [-0.25, -0.2) is 9.97 Å². The van der Waals surface area contributed by atoms with Crippen LogP contribution in [0.15, 0.2) is 31.0 Å². The molecule has 3 aromatic rings. The predicted octanol–water partition coefficient (Wildman–Crippen LogP) is 2.92. The number of carbonyl (C=O) groups is 1. The normalized spacial score (nSPS) is 19.0. The molecule has 0 radical (unpaired) electrons. The van der Waals surface area contributed by atoms with E-state index in [1.54, 1.807) is 12.5 Å². The number of aryl methyl sites for hydroxylation is 2. The Morgan fingerprint density at radius 3 is 2.70 bits per heavy atom. The Hall–Kier alpha value is -3.03. The fourth-order valence-corrected chi connectivity index (χ4v) is 4.33. The average Bonchev–Trinajstić information content (AvgIpc) is 3.33. The quantitative estimate of drug-likeness (QED) is 0.678. The van der Waals surface area contributed by atoms with Crippen LogP contribution in [0.4, 0.5) is 0 Å². The summed E-state index contributed by atoms with van der Waals surface area (Å²) in [5.74, 6) is 0.131. The van der Waals surface area contributed by atoms with E-state index >= 15 is 0 Å². The minimum Gasteiger partial charge on any atom is -0.353 e. The van der Waals surface area contributed by atoms with Crippen molar-refractivity contribution < 1.29 is 4.79 Å². The monoisotopic (exact) mass is 407 g/mol. The fraction of sp³-hybridized carbons (Fsp3) is 0.500. The minimum atomic E-state index is 0.131. The van der Waals surface area contributed by atoms with Crippen LogP contribution in [-0.4, -0.2) is 41.5 Å². The van der Waals surface area contributed by atoms with Crippen molar-refractivity contribution in [2.45, 2.75) is 64.5 Å². The van der Waals surface area contributed by atoms with E-state index in [0.717, 1.165) is 54.7 Å². The molecular weight excluding hydrogens is 378 g/mol. The maximum Gasteiger partial charge on any atom is 0.220 e. The fourth-order valence-electron chi connectivity index (χ4n) is 4.33. The van der Waals surface area contributed by atoms with Gasteiger partial charge in [0.25, 0.3) is 0 Å². The van der Waals surface area contributed by atoms with Crippen LogP contribution in [0.1, 0.15) is 55.1 Å². The van der Waals surface area contributed by atoms with Crippen LogP contribution in [0.25, 0.3) is 11.3 Å². The standard InChI is InChI=1S/C22H29N7O/c1-15-20(16(2)28(3)27-15)8-9-22(30)26-18-4-6-19(7-5-18)29-13-17(12-25-29)21-10-11-23-14-24-21/h10-14,18-19H,4-9H2,1-3H3,(H,26,30). The van der Waals surface area contributed by atoms with Crippen LogP contribution < -0.4 is 5.32 Å². The second-order valence-corrected chi connectivity index (χ2v) is 8.15. The third-order valence-electron chi connectivity index (χ3n) is 6.18. The summed E-state index contributed by atoms with van der Waals surface area (Å²) >= 11 is 0. The topological polar surface area (TPSA) is 90.5 Å². The first-order valence-corrected chi connectivity index (χ1v) is 10.6. The maximum absolute atomic E-state index is 12.5. The van der Waals surface area contributed by atoms with Gasteiger partial charge < -0.3 is 5.32 Å². The smallest absolute Gasteiger partial charge is 0.220 e. The second-order valence-electron chi connectivity index (χ2n) is 8.15. The lowest BCUT2D eigenvalue weighted by atomic mass is 9.91. The van der Waals surface area contributed by atoms with Gasteiger partial charge >= 0.3 is 0 Å². The largest absolute Gasteiger partial charge is 0.353 e. The Morgan fingerprint density at radius 1 is 1.23 bits per heavy atom. The van der Waals surface area contributed by atoms with Gasteiger partial charge in [-0.15, -0.1) is 0 Å². The van der Waals surface area contributed by atoms with Crippen molar-refractivity contribution in [1.82, 2.24) is 34.8 Å². The van der Waals surface area contributed by atoms with Crippen molar-refractivity contribution in [3.05, 3.63) is 47.9 Å². The number of rotatable bonds is 6. The number of hydrogen-bond donors (Lipinski definition) is 1. The lowest BCUT2D eigenvalue weighted by Crippen LogP contribution is -2.38. The highest BCUT2D eigenvalue weighted by molar-refractivity contribution is 5.76. The van der Waals surface area contributed by atoms with E-state index in [9.17, 15) is 4.79 Å². The maximum atomic E-state index is 12.5. The van der Waals surface area contributed by atoms with Gasteiger partial charge in [0, 0.05) is 43.2 Å². The number of hydrogen-bond acceptors (Lipinski definition) is 5. The molecule has 0 unspecified atom stereocenters. The van der Waals surface area contributed by atoms with Crippen LogP contribution in [-0.2, 0) is 18.3 Å². The van der Waals surface area contributed by atoms with Gasteiger partial charge in [-0.1, -0.05) is 0 Å². The molecule has 1 amide bonds. The molecule has 0 aromatic carbocycles. The van der Waals surface area contributed by atoms with Crippen molar-refractivity contribution >= 4 is 5.91 Å². The van der Waals surface area contributed by atoms with Gasteiger partial charge in [-0.2, -0.15) is 10.2 Å². The summed E-state index contributed by atoms with van der Waals surface area (Å²) in [6.45, 7) is 4.06. The van der Waals surface area contributed by atoms with Gasteiger partial charge in [-0.3, -0.25) is 14.2 Å². The lowest BCUT2D eigenvalue weighted by Gasteiger charge is -2.29.